The number of halogens is 1. The van der Waals surface area contributed by atoms with Crippen molar-refractivity contribution in [2.75, 3.05) is 21.2 Å². The van der Waals surface area contributed by atoms with Gasteiger partial charge in [-0.3, -0.25) is 4.79 Å². The lowest BCUT2D eigenvalue weighted by Gasteiger charge is -2.29. The molecular weight excluding hydrogens is 497 g/mol. The van der Waals surface area contributed by atoms with Crippen LogP contribution in [0.4, 0.5) is 4.39 Å². The van der Waals surface area contributed by atoms with E-state index >= 15 is 0 Å². The van der Waals surface area contributed by atoms with Crippen LogP contribution in [0.25, 0.3) is 11.1 Å². The van der Waals surface area contributed by atoms with E-state index in [-0.39, 0.29) is 12.0 Å². The van der Waals surface area contributed by atoms with E-state index in [1.807, 2.05) is 32.3 Å². The third-order valence-corrected chi connectivity index (χ3v) is 7.89. The first kappa shape index (κ1) is 26.9. The molecule has 1 aliphatic heterocycles. The molecule has 0 spiro atoms. The second kappa shape index (κ2) is 11.2. The Morgan fingerprint density at radius 3 is 2.64 bits per heavy atom. The van der Waals surface area contributed by atoms with E-state index in [9.17, 15) is 14.1 Å². The summed E-state index contributed by atoms with van der Waals surface area (Å²) in [6.07, 6.45) is 4.81. The highest BCUT2D eigenvalue weighted by atomic mass is 19.1. The molecule has 0 saturated heterocycles. The van der Waals surface area contributed by atoms with E-state index in [4.69, 9.17) is 9.47 Å². The zero-order chi connectivity index (χ0) is 27.7. The molecule has 3 aromatic rings. The highest BCUT2D eigenvalue weighted by Gasteiger charge is 2.39. The van der Waals surface area contributed by atoms with Crippen LogP contribution in [0.15, 0.2) is 53.8 Å². The van der Waals surface area contributed by atoms with Gasteiger partial charge in [0.15, 0.2) is 0 Å². The molecule has 0 bridgehead atoms. The largest absolute Gasteiger partial charge is 0.485 e. The van der Waals surface area contributed by atoms with Crippen LogP contribution in [0.3, 0.4) is 0 Å². The van der Waals surface area contributed by atoms with Gasteiger partial charge in [-0.05, 0) is 85.5 Å². The average molecular weight is 532 g/mol. The minimum atomic E-state index is -0.597. The first-order chi connectivity index (χ1) is 18.8. The summed E-state index contributed by atoms with van der Waals surface area (Å²) in [6, 6.07) is 13.9. The predicted octanol–water partition coefficient (Wildman–Crippen LogP) is 6.45. The van der Waals surface area contributed by atoms with E-state index in [2.05, 4.69) is 33.3 Å². The van der Waals surface area contributed by atoms with Gasteiger partial charge >= 0.3 is 0 Å². The van der Waals surface area contributed by atoms with E-state index in [1.165, 1.54) is 13.3 Å². The molecule has 2 aliphatic rings. The van der Waals surface area contributed by atoms with Crippen molar-refractivity contribution in [1.82, 2.24) is 9.88 Å². The Bertz CT molecular complexity index is 1390. The first-order valence-corrected chi connectivity index (χ1v) is 13.4. The Morgan fingerprint density at radius 2 is 1.95 bits per heavy atom. The predicted molar refractivity (Wildman–Crippen MR) is 147 cm³/mol. The highest BCUT2D eigenvalue weighted by Crippen LogP contribution is 2.48. The number of hydrogen-bond donors (Lipinski definition) is 0. The number of hydrogen-bond acceptors (Lipinski definition) is 6. The van der Waals surface area contributed by atoms with Gasteiger partial charge in [0.25, 0.3) is 5.91 Å². The molecule has 1 fully saturated rings. The van der Waals surface area contributed by atoms with Gasteiger partial charge < -0.3 is 14.4 Å². The van der Waals surface area contributed by atoms with Gasteiger partial charge in [-0.15, -0.1) is 4.91 Å². The van der Waals surface area contributed by atoms with Crippen LogP contribution in [0.1, 0.15) is 60.5 Å². The minimum absolute atomic E-state index is 0.0392. The lowest BCUT2D eigenvalue weighted by molar-refractivity contribution is -0.122. The molecule has 1 saturated carbocycles. The van der Waals surface area contributed by atoms with Gasteiger partial charge in [-0.2, -0.15) is 0 Å². The molecule has 3 atom stereocenters. The Kier molecular flexibility index (Phi) is 7.75. The highest BCUT2D eigenvalue weighted by molar-refractivity contribution is 5.80. The molecule has 5 rings (SSSR count). The topological polar surface area (TPSA) is 81.1 Å². The summed E-state index contributed by atoms with van der Waals surface area (Å²) in [6.45, 7) is 2.42. The SMILES string of the molecule is COc1cc(-c2ccc(C3CCc4ccc([C@H](C5CC5)[C@H](C)C(=O)N=O)cc4O3)cc2CN(C)C)c(F)cn1. The first-order valence-electron chi connectivity index (χ1n) is 13.4. The maximum absolute atomic E-state index is 14.8. The summed E-state index contributed by atoms with van der Waals surface area (Å²) in [5.41, 5.74) is 5.40. The molecular formula is C31H34FN3O4. The standard InChI is InChI=1S/C31H34FN3O4/c1-18(31(36)34-37)30(20-6-7-20)22-8-5-19-10-12-27(39-28(19)14-22)21-9-11-24(23(13-21)17-35(2)3)25-15-29(38-4)33-16-26(25)32/h5,8-9,11,13-16,18,20,27,30H,6-7,10,12,17H2,1-4H3/t18-,27?,30-/m0/s1. The summed E-state index contributed by atoms with van der Waals surface area (Å²) in [5, 5.41) is 2.70. The van der Waals surface area contributed by atoms with Gasteiger partial charge in [0, 0.05) is 29.3 Å². The van der Waals surface area contributed by atoms with Crippen LogP contribution >= 0.6 is 0 Å². The summed E-state index contributed by atoms with van der Waals surface area (Å²) >= 11 is 0. The van der Waals surface area contributed by atoms with Gasteiger partial charge in [-0.25, -0.2) is 9.37 Å². The van der Waals surface area contributed by atoms with Crippen LogP contribution in [-0.4, -0.2) is 37.0 Å². The van der Waals surface area contributed by atoms with Crippen molar-refractivity contribution in [1.29, 1.82) is 0 Å². The van der Waals surface area contributed by atoms with Crippen molar-refractivity contribution in [2.45, 2.75) is 51.2 Å². The number of carbonyl (C=O) groups is 1. The van der Waals surface area contributed by atoms with Gasteiger partial charge in [0.2, 0.25) is 5.88 Å². The number of aromatic nitrogens is 1. The van der Waals surface area contributed by atoms with E-state index in [1.54, 1.807) is 13.0 Å². The van der Waals surface area contributed by atoms with Crippen LogP contribution in [0, 0.1) is 22.6 Å². The number of rotatable bonds is 9. The Labute approximate surface area is 228 Å². The number of benzene rings is 2. The summed E-state index contributed by atoms with van der Waals surface area (Å²) in [5.74, 6) is 0.0665. The molecule has 2 aromatic carbocycles. The van der Waals surface area contributed by atoms with Crippen molar-refractivity contribution in [2.24, 2.45) is 17.0 Å². The van der Waals surface area contributed by atoms with Crippen molar-refractivity contribution in [3.05, 3.63) is 81.6 Å². The fourth-order valence-corrected chi connectivity index (χ4v) is 5.78. The fraction of sp³-hybridized carbons (Fsp3) is 0.419. The summed E-state index contributed by atoms with van der Waals surface area (Å²) in [7, 11) is 5.48. The Balaban J connectivity index is 1.45. The number of aryl methyl sites for hydroxylation is 1. The zero-order valence-electron chi connectivity index (χ0n) is 22.8. The number of nitroso groups, excluding NO2 is 1. The zero-order valence-corrected chi connectivity index (χ0v) is 22.8. The second-order valence-corrected chi connectivity index (χ2v) is 11.0. The lowest BCUT2D eigenvalue weighted by Crippen LogP contribution is -2.21. The Morgan fingerprint density at radius 1 is 1.15 bits per heavy atom. The third-order valence-electron chi connectivity index (χ3n) is 7.89. The number of pyridine rings is 1. The van der Waals surface area contributed by atoms with Crippen molar-refractivity contribution in [3.63, 3.8) is 0 Å². The van der Waals surface area contributed by atoms with Crippen LogP contribution in [-0.2, 0) is 17.8 Å². The lowest BCUT2D eigenvalue weighted by atomic mass is 9.82. The normalized spacial score (nSPS) is 18.2. The van der Waals surface area contributed by atoms with Crippen molar-refractivity contribution in [3.8, 4) is 22.8 Å². The monoisotopic (exact) mass is 531 g/mol. The maximum atomic E-state index is 14.8. The number of fused-ring (bicyclic) bond motifs is 1. The third kappa shape index (κ3) is 5.71. The molecule has 0 radical (unpaired) electrons. The van der Waals surface area contributed by atoms with Crippen molar-refractivity contribution >= 4 is 5.91 Å². The molecule has 1 amide bonds. The smallest absolute Gasteiger partial charge is 0.289 e. The van der Waals surface area contributed by atoms with Crippen LogP contribution < -0.4 is 9.47 Å². The van der Waals surface area contributed by atoms with Crippen LogP contribution in [0.2, 0.25) is 0 Å². The molecule has 2 heterocycles. The minimum Gasteiger partial charge on any atom is -0.485 e. The quantitative estimate of drug-likeness (QED) is 0.295. The average Bonchev–Trinajstić information content (AvgIpc) is 3.77. The fourth-order valence-electron chi connectivity index (χ4n) is 5.78. The van der Waals surface area contributed by atoms with Crippen molar-refractivity contribution < 1.29 is 18.7 Å². The van der Waals surface area contributed by atoms with E-state index in [0.717, 1.165) is 59.3 Å². The van der Waals surface area contributed by atoms with Crippen LogP contribution in [0.5, 0.6) is 11.6 Å². The second-order valence-electron chi connectivity index (χ2n) is 11.0. The van der Waals surface area contributed by atoms with Gasteiger partial charge in [-0.1, -0.05) is 37.3 Å². The summed E-state index contributed by atoms with van der Waals surface area (Å²) in [4.78, 5) is 29.1. The van der Waals surface area contributed by atoms with E-state index < -0.39 is 17.6 Å². The molecule has 1 aliphatic carbocycles. The number of methoxy groups -OCH3 is 1. The number of nitrogens with zero attached hydrogens (tertiary/aromatic N) is 3. The van der Waals surface area contributed by atoms with Gasteiger partial charge in [0.05, 0.1) is 13.3 Å². The van der Waals surface area contributed by atoms with E-state index in [0.29, 0.717) is 23.9 Å². The molecule has 7 nitrogen and oxygen atoms in total. The number of ether oxygens (including phenoxy) is 2. The molecule has 39 heavy (non-hydrogen) atoms. The molecule has 1 aromatic heterocycles. The molecule has 8 heteroatoms. The van der Waals surface area contributed by atoms with Gasteiger partial charge in [0.1, 0.15) is 17.7 Å². The number of amides is 1. The Hall–Kier alpha value is -3.65. The molecule has 204 valence electrons. The molecule has 1 unspecified atom stereocenters. The number of carbonyl (C=O) groups excluding carboxylic acids is 1. The maximum Gasteiger partial charge on any atom is 0.289 e. The summed E-state index contributed by atoms with van der Waals surface area (Å²) < 4.78 is 26.6. The molecule has 0 N–H and O–H groups in total.